The Bertz CT molecular complexity index is 480. The molecule has 1 aromatic rings. The van der Waals surface area contributed by atoms with E-state index in [-0.39, 0.29) is 12.3 Å². The molecule has 0 spiro atoms. The van der Waals surface area contributed by atoms with E-state index in [9.17, 15) is 9.00 Å². The number of carbonyl (C=O) groups excluding carboxylic acids is 1. The van der Waals surface area contributed by atoms with Gasteiger partial charge in [-0.25, -0.2) is 0 Å². The molecule has 1 unspecified atom stereocenters. The first kappa shape index (κ1) is 17.0. The fraction of sp³-hybridized carbons (Fsp3) is 0.500. The summed E-state index contributed by atoms with van der Waals surface area (Å²) in [5, 5.41) is 3.20. The maximum Gasteiger partial charge on any atom is 0.225 e. The monoisotopic (exact) mass is 316 g/mol. The van der Waals surface area contributed by atoms with Crippen molar-refractivity contribution in [1.82, 2.24) is 0 Å². The number of amides is 1. The van der Waals surface area contributed by atoms with Crippen LogP contribution in [-0.2, 0) is 15.6 Å². The number of anilines is 2. The van der Waals surface area contributed by atoms with Crippen LogP contribution >= 0.6 is 11.6 Å². The molecule has 6 heteroatoms. The first-order valence-electron chi connectivity index (χ1n) is 6.72. The molecule has 0 bridgehead atoms. The van der Waals surface area contributed by atoms with E-state index in [1.165, 1.54) is 0 Å². The number of nitrogens with two attached hydrogens (primary N) is 1. The molecule has 0 aliphatic carbocycles. The lowest BCUT2D eigenvalue weighted by Gasteiger charge is -2.08. The SMILES string of the molecule is CCCCCS(=O)CCC(=O)Nc1cc(Cl)ccc1N. The second-order valence-electron chi connectivity index (χ2n) is 4.58. The maximum absolute atomic E-state index is 11.8. The summed E-state index contributed by atoms with van der Waals surface area (Å²) in [6.07, 6.45) is 3.36. The van der Waals surface area contributed by atoms with E-state index in [0.717, 1.165) is 19.3 Å². The zero-order valence-electron chi connectivity index (χ0n) is 11.7. The Hall–Kier alpha value is -1.07. The molecule has 4 nitrogen and oxygen atoms in total. The largest absolute Gasteiger partial charge is 0.397 e. The molecule has 1 atom stereocenters. The van der Waals surface area contributed by atoms with Crippen molar-refractivity contribution in [3.8, 4) is 0 Å². The fourth-order valence-electron chi connectivity index (χ4n) is 1.67. The van der Waals surface area contributed by atoms with Gasteiger partial charge in [0.25, 0.3) is 0 Å². The van der Waals surface area contributed by atoms with Gasteiger partial charge in [-0.15, -0.1) is 0 Å². The van der Waals surface area contributed by atoms with Crippen molar-refractivity contribution >= 4 is 39.7 Å². The fourth-order valence-corrected chi connectivity index (χ4v) is 2.99. The zero-order valence-corrected chi connectivity index (χ0v) is 13.2. The van der Waals surface area contributed by atoms with Crippen molar-refractivity contribution in [2.45, 2.75) is 32.6 Å². The van der Waals surface area contributed by atoms with Gasteiger partial charge in [-0.3, -0.25) is 9.00 Å². The summed E-state index contributed by atoms with van der Waals surface area (Å²) in [5.74, 6) is 0.860. The molecule has 0 saturated heterocycles. The van der Waals surface area contributed by atoms with Crippen LogP contribution in [0.1, 0.15) is 32.6 Å². The second-order valence-corrected chi connectivity index (χ2v) is 6.72. The topological polar surface area (TPSA) is 72.2 Å². The van der Waals surface area contributed by atoms with E-state index in [1.54, 1.807) is 18.2 Å². The standard InChI is InChI=1S/C14H21ClN2O2S/c1-2-3-4-8-20(19)9-7-14(18)17-13-10-11(15)5-6-12(13)16/h5-6,10H,2-4,7-9,16H2,1H3,(H,17,18). The van der Waals surface area contributed by atoms with E-state index in [0.29, 0.717) is 27.9 Å². The van der Waals surface area contributed by atoms with Crippen molar-refractivity contribution in [2.24, 2.45) is 0 Å². The molecule has 0 radical (unpaired) electrons. The summed E-state index contributed by atoms with van der Waals surface area (Å²) < 4.78 is 11.7. The van der Waals surface area contributed by atoms with Gasteiger partial charge in [0.2, 0.25) is 5.91 Å². The summed E-state index contributed by atoms with van der Waals surface area (Å²) in [6, 6.07) is 4.91. The van der Waals surface area contributed by atoms with Gasteiger partial charge in [0.15, 0.2) is 0 Å². The third-order valence-corrected chi connectivity index (χ3v) is 4.46. The summed E-state index contributed by atoms with van der Waals surface area (Å²) >= 11 is 5.84. The summed E-state index contributed by atoms with van der Waals surface area (Å²) in [4.78, 5) is 11.8. The second kappa shape index (κ2) is 8.97. The summed E-state index contributed by atoms with van der Waals surface area (Å²) in [7, 11) is -0.928. The Balaban J connectivity index is 2.36. The molecule has 1 amide bonds. The predicted molar refractivity (Wildman–Crippen MR) is 86.5 cm³/mol. The Morgan fingerprint density at radius 1 is 1.35 bits per heavy atom. The molecule has 0 saturated carbocycles. The molecule has 0 aromatic heterocycles. The number of rotatable bonds is 8. The maximum atomic E-state index is 11.8. The molecule has 0 fully saturated rings. The first-order chi connectivity index (χ1) is 9.52. The molecule has 1 rings (SSSR count). The van der Waals surface area contributed by atoms with Crippen LogP contribution < -0.4 is 11.1 Å². The third-order valence-electron chi connectivity index (χ3n) is 2.82. The van der Waals surface area contributed by atoms with Crippen molar-refractivity contribution in [2.75, 3.05) is 22.6 Å². The van der Waals surface area contributed by atoms with Crippen molar-refractivity contribution in [3.63, 3.8) is 0 Å². The number of hydrogen-bond acceptors (Lipinski definition) is 3. The van der Waals surface area contributed by atoms with E-state index in [2.05, 4.69) is 12.2 Å². The van der Waals surface area contributed by atoms with Crippen LogP contribution in [0, 0.1) is 0 Å². The lowest BCUT2D eigenvalue weighted by atomic mass is 10.2. The van der Waals surface area contributed by atoms with Crippen LogP contribution in [0.5, 0.6) is 0 Å². The molecule has 1 aromatic carbocycles. The Labute approximate surface area is 127 Å². The van der Waals surface area contributed by atoms with Gasteiger partial charge in [0.1, 0.15) is 0 Å². The molecule has 0 heterocycles. The number of nitrogens with one attached hydrogen (secondary N) is 1. The van der Waals surface area contributed by atoms with Gasteiger partial charge in [0, 0.05) is 33.7 Å². The highest BCUT2D eigenvalue weighted by molar-refractivity contribution is 7.84. The quantitative estimate of drug-likeness (QED) is 0.571. The van der Waals surface area contributed by atoms with Crippen molar-refractivity contribution in [1.29, 1.82) is 0 Å². The van der Waals surface area contributed by atoms with Gasteiger partial charge in [0.05, 0.1) is 11.4 Å². The summed E-state index contributed by atoms with van der Waals surface area (Å²) in [5.41, 5.74) is 6.71. The van der Waals surface area contributed by atoms with Gasteiger partial charge in [-0.1, -0.05) is 31.4 Å². The highest BCUT2D eigenvalue weighted by atomic mass is 35.5. The van der Waals surface area contributed by atoms with E-state index in [1.807, 2.05) is 0 Å². The smallest absolute Gasteiger partial charge is 0.225 e. The molecule has 112 valence electrons. The number of carbonyl (C=O) groups is 1. The first-order valence-corrected chi connectivity index (χ1v) is 8.59. The molecular formula is C14H21ClN2O2S. The number of halogens is 1. The third kappa shape index (κ3) is 6.39. The van der Waals surface area contributed by atoms with E-state index in [4.69, 9.17) is 17.3 Å². The van der Waals surface area contributed by atoms with Gasteiger partial charge in [-0.2, -0.15) is 0 Å². The van der Waals surface area contributed by atoms with Crippen LogP contribution in [0.15, 0.2) is 18.2 Å². The van der Waals surface area contributed by atoms with Crippen LogP contribution in [-0.4, -0.2) is 21.6 Å². The van der Waals surface area contributed by atoms with Crippen LogP contribution in [0.25, 0.3) is 0 Å². The predicted octanol–water partition coefficient (Wildman–Crippen LogP) is 3.19. The van der Waals surface area contributed by atoms with Crippen LogP contribution in [0.3, 0.4) is 0 Å². The minimum Gasteiger partial charge on any atom is -0.397 e. The average Bonchev–Trinajstić information content (AvgIpc) is 2.41. The number of unbranched alkanes of at least 4 members (excludes halogenated alkanes) is 2. The zero-order chi connectivity index (χ0) is 15.0. The number of hydrogen-bond donors (Lipinski definition) is 2. The Kier molecular flexibility index (Phi) is 7.62. The van der Waals surface area contributed by atoms with E-state index >= 15 is 0 Å². The normalized spacial score (nSPS) is 12.1. The van der Waals surface area contributed by atoms with Crippen LogP contribution in [0.2, 0.25) is 5.02 Å². The highest BCUT2D eigenvalue weighted by Gasteiger charge is 2.08. The van der Waals surface area contributed by atoms with Gasteiger partial charge in [-0.05, 0) is 24.6 Å². The molecule has 3 N–H and O–H groups in total. The molecular weight excluding hydrogens is 296 g/mol. The minimum atomic E-state index is -0.928. The highest BCUT2D eigenvalue weighted by Crippen LogP contribution is 2.22. The average molecular weight is 317 g/mol. The van der Waals surface area contributed by atoms with Crippen molar-refractivity contribution in [3.05, 3.63) is 23.2 Å². The molecule has 0 aliphatic heterocycles. The molecule has 0 aliphatic rings. The number of benzene rings is 1. The van der Waals surface area contributed by atoms with Gasteiger partial charge < -0.3 is 11.1 Å². The minimum absolute atomic E-state index is 0.192. The Morgan fingerprint density at radius 3 is 2.80 bits per heavy atom. The lowest BCUT2D eigenvalue weighted by molar-refractivity contribution is -0.115. The lowest BCUT2D eigenvalue weighted by Crippen LogP contribution is -2.16. The molecule has 20 heavy (non-hydrogen) atoms. The Morgan fingerprint density at radius 2 is 2.10 bits per heavy atom. The summed E-state index contributed by atoms with van der Waals surface area (Å²) in [6.45, 7) is 2.10. The number of nitrogen functional groups attached to an aromatic ring is 1. The van der Waals surface area contributed by atoms with Crippen LogP contribution in [0.4, 0.5) is 11.4 Å². The van der Waals surface area contributed by atoms with E-state index < -0.39 is 10.8 Å². The van der Waals surface area contributed by atoms with Crippen molar-refractivity contribution < 1.29 is 9.00 Å². The van der Waals surface area contributed by atoms with Gasteiger partial charge >= 0.3 is 0 Å².